The predicted molar refractivity (Wildman–Crippen MR) is 84.0 cm³/mol. The number of anilines is 1. The van der Waals surface area contributed by atoms with Crippen LogP contribution in [0.15, 0.2) is 42.5 Å². The molecule has 1 atom stereocenters. The number of carbonyl (C=O) groups is 1. The van der Waals surface area contributed by atoms with Crippen LogP contribution in [0.25, 0.3) is 0 Å². The van der Waals surface area contributed by atoms with Gasteiger partial charge >= 0.3 is 0 Å². The van der Waals surface area contributed by atoms with Crippen molar-refractivity contribution >= 4 is 23.2 Å². The number of halogens is 1. The van der Waals surface area contributed by atoms with Crippen LogP contribution in [0.1, 0.15) is 17.5 Å². The predicted octanol–water partition coefficient (Wildman–Crippen LogP) is 3.98. The standard InChI is InChI=1S/C17H16ClNO2/c1-11-6-7-12-8-9-15(21-16(12)10-11)17(20)19-14-5-3-2-4-13(14)18/h2-7,10,15H,8-9H2,1H3,(H,19,20). The van der Waals surface area contributed by atoms with E-state index in [0.717, 1.165) is 23.3 Å². The van der Waals surface area contributed by atoms with E-state index in [1.807, 2.05) is 25.1 Å². The molecule has 1 N–H and O–H groups in total. The van der Waals surface area contributed by atoms with Gasteiger partial charge in [-0.15, -0.1) is 0 Å². The molecular weight excluding hydrogens is 286 g/mol. The van der Waals surface area contributed by atoms with Gasteiger partial charge in [0, 0.05) is 0 Å². The van der Waals surface area contributed by atoms with Crippen LogP contribution in [-0.4, -0.2) is 12.0 Å². The Labute approximate surface area is 128 Å². The van der Waals surface area contributed by atoms with Crippen LogP contribution in [-0.2, 0) is 11.2 Å². The van der Waals surface area contributed by atoms with Crippen molar-refractivity contribution in [1.29, 1.82) is 0 Å². The van der Waals surface area contributed by atoms with E-state index < -0.39 is 6.10 Å². The number of ether oxygens (including phenoxy) is 1. The lowest BCUT2D eigenvalue weighted by Crippen LogP contribution is -2.35. The minimum absolute atomic E-state index is 0.157. The highest BCUT2D eigenvalue weighted by Gasteiger charge is 2.26. The molecule has 1 heterocycles. The van der Waals surface area contributed by atoms with Crippen molar-refractivity contribution in [3.63, 3.8) is 0 Å². The first kappa shape index (κ1) is 14.0. The summed E-state index contributed by atoms with van der Waals surface area (Å²) in [6.45, 7) is 2.01. The van der Waals surface area contributed by atoms with Crippen LogP contribution in [0.4, 0.5) is 5.69 Å². The number of hydrogen-bond donors (Lipinski definition) is 1. The summed E-state index contributed by atoms with van der Waals surface area (Å²) in [6.07, 6.45) is 1.04. The fraction of sp³-hybridized carbons (Fsp3) is 0.235. The number of para-hydroxylation sites is 1. The van der Waals surface area contributed by atoms with Gasteiger partial charge in [-0.3, -0.25) is 4.79 Å². The Bertz CT molecular complexity index is 684. The van der Waals surface area contributed by atoms with Crippen molar-refractivity contribution in [3.8, 4) is 5.75 Å². The molecule has 0 fully saturated rings. The number of benzene rings is 2. The number of nitrogens with one attached hydrogen (secondary N) is 1. The van der Waals surface area contributed by atoms with Gasteiger partial charge in [0.2, 0.25) is 0 Å². The van der Waals surface area contributed by atoms with E-state index in [9.17, 15) is 4.79 Å². The zero-order chi connectivity index (χ0) is 14.8. The Morgan fingerprint density at radius 1 is 1.29 bits per heavy atom. The second-order valence-corrected chi connectivity index (χ2v) is 5.63. The van der Waals surface area contributed by atoms with E-state index in [2.05, 4.69) is 17.4 Å². The monoisotopic (exact) mass is 301 g/mol. The van der Waals surface area contributed by atoms with Gasteiger partial charge < -0.3 is 10.1 Å². The summed E-state index contributed by atoms with van der Waals surface area (Å²) in [5.41, 5.74) is 2.89. The highest BCUT2D eigenvalue weighted by atomic mass is 35.5. The molecule has 0 aromatic heterocycles. The third kappa shape index (κ3) is 3.03. The van der Waals surface area contributed by atoms with Crippen molar-refractivity contribution in [1.82, 2.24) is 0 Å². The molecule has 0 spiro atoms. The second kappa shape index (κ2) is 5.78. The molecule has 1 amide bonds. The fourth-order valence-electron chi connectivity index (χ4n) is 2.44. The van der Waals surface area contributed by atoms with E-state index in [1.54, 1.807) is 12.1 Å². The molecule has 0 radical (unpaired) electrons. The third-order valence-corrected chi connectivity index (χ3v) is 3.92. The van der Waals surface area contributed by atoms with Gasteiger partial charge in [0.25, 0.3) is 5.91 Å². The normalized spacial score (nSPS) is 16.8. The van der Waals surface area contributed by atoms with E-state index in [0.29, 0.717) is 17.1 Å². The highest BCUT2D eigenvalue weighted by molar-refractivity contribution is 6.33. The summed E-state index contributed by atoms with van der Waals surface area (Å²) >= 11 is 6.05. The van der Waals surface area contributed by atoms with E-state index in [1.165, 1.54) is 0 Å². The zero-order valence-electron chi connectivity index (χ0n) is 11.7. The minimum atomic E-state index is -0.476. The van der Waals surface area contributed by atoms with Gasteiger partial charge in [0.05, 0.1) is 10.7 Å². The topological polar surface area (TPSA) is 38.3 Å². The molecule has 0 saturated heterocycles. The van der Waals surface area contributed by atoms with E-state index in [4.69, 9.17) is 16.3 Å². The van der Waals surface area contributed by atoms with Crippen LogP contribution in [0, 0.1) is 6.92 Å². The second-order valence-electron chi connectivity index (χ2n) is 5.23. The average molecular weight is 302 g/mol. The first-order valence-corrected chi connectivity index (χ1v) is 7.33. The molecule has 0 bridgehead atoms. The van der Waals surface area contributed by atoms with Gasteiger partial charge in [0.1, 0.15) is 5.75 Å². The summed E-state index contributed by atoms with van der Waals surface area (Å²) in [6, 6.07) is 13.3. The molecule has 2 aromatic rings. The molecule has 1 unspecified atom stereocenters. The number of aryl methyl sites for hydroxylation is 2. The largest absolute Gasteiger partial charge is 0.480 e. The molecule has 0 saturated carbocycles. The van der Waals surface area contributed by atoms with Crippen LogP contribution >= 0.6 is 11.6 Å². The maximum absolute atomic E-state index is 12.3. The lowest BCUT2D eigenvalue weighted by Gasteiger charge is -2.25. The SMILES string of the molecule is Cc1ccc2c(c1)OC(C(=O)Nc1ccccc1Cl)CC2. The Balaban J connectivity index is 1.74. The summed E-state index contributed by atoms with van der Waals surface area (Å²) in [4.78, 5) is 12.3. The molecular formula is C17H16ClNO2. The first-order chi connectivity index (χ1) is 10.1. The van der Waals surface area contributed by atoms with E-state index in [-0.39, 0.29) is 5.91 Å². The fourth-order valence-corrected chi connectivity index (χ4v) is 2.62. The third-order valence-electron chi connectivity index (χ3n) is 3.59. The van der Waals surface area contributed by atoms with Crippen molar-refractivity contribution in [2.24, 2.45) is 0 Å². The smallest absolute Gasteiger partial charge is 0.265 e. The van der Waals surface area contributed by atoms with Gasteiger partial charge in [-0.25, -0.2) is 0 Å². The Hall–Kier alpha value is -2.00. The van der Waals surface area contributed by atoms with Gasteiger partial charge in [0.15, 0.2) is 6.10 Å². The van der Waals surface area contributed by atoms with Crippen LogP contribution in [0.3, 0.4) is 0 Å². The number of rotatable bonds is 2. The van der Waals surface area contributed by atoms with Gasteiger partial charge in [-0.1, -0.05) is 35.9 Å². The maximum Gasteiger partial charge on any atom is 0.265 e. The van der Waals surface area contributed by atoms with Crippen LogP contribution in [0.5, 0.6) is 5.75 Å². The van der Waals surface area contributed by atoms with Crippen molar-refractivity contribution in [2.45, 2.75) is 25.9 Å². The first-order valence-electron chi connectivity index (χ1n) is 6.95. The summed E-state index contributed by atoms with van der Waals surface area (Å²) in [7, 11) is 0. The zero-order valence-corrected chi connectivity index (χ0v) is 12.5. The lowest BCUT2D eigenvalue weighted by molar-refractivity contribution is -0.123. The van der Waals surface area contributed by atoms with Crippen LogP contribution < -0.4 is 10.1 Å². The lowest BCUT2D eigenvalue weighted by atomic mass is 10.0. The maximum atomic E-state index is 12.3. The number of fused-ring (bicyclic) bond motifs is 1. The molecule has 3 rings (SSSR count). The van der Waals surface area contributed by atoms with Crippen molar-refractivity contribution < 1.29 is 9.53 Å². The number of carbonyl (C=O) groups excluding carboxylic acids is 1. The Morgan fingerprint density at radius 3 is 2.90 bits per heavy atom. The molecule has 108 valence electrons. The molecule has 1 aliphatic rings. The van der Waals surface area contributed by atoms with Gasteiger partial charge in [-0.05, 0) is 49.1 Å². The summed E-state index contributed by atoms with van der Waals surface area (Å²) in [5, 5.41) is 3.36. The Morgan fingerprint density at radius 2 is 2.10 bits per heavy atom. The average Bonchev–Trinajstić information content (AvgIpc) is 2.48. The molecule has 1 aliphatic heterocycles. The minimum Gasteiger partial charge on any atom is -0.480 e. The van der Waals surface area contributed by atoms with Crippen molar-refractivity contribution in [2.75, 3.05) is 5.32 Å². The molecule has 21 heavy (non-hydrogen) atoms. The molecule has 3 nitrogen and oxygen atoms in total. The quantitative estimate of drug-likeness (QED) is 0.911. The number of amides is 1. The summed E-state index contributed by atoms with van der Waals surface area (Å²) < 4.78 is 5.83. The Kier molecular flexibility index (Phi) is 3.84. The molecule has 0 aliphatic carbocycles. The highest BCUT2D eigenvalue weighted by Crippen LogP contribution is 2.29. The number of hydrogen-bond acceptors (Lipinski definition) is 2. The van der Waals surface area contributed by atoms with Gasteiger partial charge in [-0.2, -0.15) is 0 Å². The molecule has 2 aromatic carbocycles. The van der Waals surface area contributed by atoms with Crippen LogP contribution in [0.2, 0.25) is 5.02 Å². The summed E-state index contributed by atoms with van der Waals surface area (Å²) in [5.74, 6) is 0.649. The van der Waals surface area contributed by atoms with Crippen molar-refractivity contribution in [3.05, 3.63) is 58.6 Å². The van der Waals surface area contributed by atoms with E-state index >= 15 is 0 Å². The molecule has 4 heteroatoms.